The normalized spacial score (nSPS) is 9.50. The van der Waals surface area contributed by atoms with Gasteiger partial charge >= 0.3 is 0 Å². The van der Waals surface area contributed by atoms with E-state index in [9.17, 15) is 4.79 Å². The molecule has 0 aliphatic rings. The second kappa shape index (κ2) is 11.4. The van der Waals surface area contributed by atoms with Crippen LogP contribution in [-0.4, -0.2) is 35.5 Å². The third kappa shape index (κ3) is 6.27. The van der Waals surface area contributed by atoms with Crippen molar-refractivity contribution in [3.8, 4) is 10.7 Å². The number of halogens is 2. The van der Waals surface area contributed by atoms with E-state index in [1.807, 2.05) is 18.2 Å². The molecule has 2 aromatic heterocycles. The van der Waals surface area contributed by atoms with Crippen LogP contribution in [-0.2, 0) is 0 Å². The second-order valence-corrected chi connectivity index (χ2v) is 5.28. The second-order valence-electron chi connectivity index (χ2n) is 4.25. The maximum atomic E-state index is 11.9. The van der Waals surface area contributed by atoms with Crippen LogP contribution in [0.3, 0.4) is 0 Å². The van der Waals surface area contributed by atoms with E-state index in [-0.39, 0.29) is 30.7 Å². The van der Waals surface area contributed by atoms with Gasteiger partial charge in [0.15, 0.2) is 0 Å². The lowest BCUT2D eigenvalue weighted by Crippen LogP contribution is -2.31. The minimum Gasteiger partial charge on any atom is -0.350 e. The maximum Gasteiger partial charge on any atom is 0.263 e. The molecular weight excluding hydrogens is 343 g/mol. The molecule has 0 spiro atoms. The Morgan fingerprint density at radius 2 is 2.00 bits per heavy atom. The van der Waals surface area contributed by atoms with Crippen molar-refractivity contribution < 1.29 is 4.79 Å². The van der Waals surface area contributed by atoms with Crippen molar-refractivity contribution >= 4 is 42.1 Å². The number of aromatic nitrogens is 2. The number of pyridine rings is 1. The summed E-state index contributed by atoms with van der Waals surface area (Å²) in [5, 5.41) is 6.87. The Labute approximate surface area is 146 Å². The number of amides is 1. The summed E-state index contributed by atoms with van der Waals surface area (Å²) in [6.45, 7) is 4.49. The zero-order valence-corrected chi connectivity index (χ0v) is 14.7. The zero-order chi connectivity index (χ0) is 14.2. The molecule has 0 unspecified atom stereocenters. The van der Waals surface area contributed by atoms with Crippen LogP contribution >= 0.6 is 36.2 Å². The van der Waals surface area contributed by atoms with Gasteiger partial charge in [0.25, 0.3) is 5.91 Å². The largest absolute Gasteiger partial charge is 0.350 e. The summed E-state index contributed by atoms with van der Waals surface area (Å²) in [4.78, 5) is 21.0. The minimum absolute atomic E-state index is 0. The quantitative estimate of drug-likeness (QED) is 0.743. The molecule has 8 heteroatoms. The molecule has 2 rings (SSSR count). The van der Waals surface area contributed by atoms with Crippen LogP contribution in [0, 0.1) is 0 Å². The molecule has 0 radical (unpaired) electrons. The van der Waals surface area contributed by atoms with E-state index in [4.69, 9.17) is 0 Å². The van der Waals surface area contributed by atoms with E-state index in [1.54, 1.807) is 12.4 Å². The predicted molar refractivity (Wildman–Crippen MR) is 95.3 cm³/mol. The van der Waals surface area contributed by atoms with Gasteiger partial charge in [-0.25, -0.2) is 4.98 Å². The fourth-order valence-corrected chi connectivity index (χ4v) is 2.45. The molecule has 0 atom stereocenters. The Kier molecular flexibility index (Phi) is 10.7. The fourth-order valence-electron chi connectivity index (χ4n) is 1.64. The molecule has 0 bridgehead atoms. The third-order valence-corrected chi connectivity index (χ3v) is 3.65. The first-order chi connectivity index (χ1) is 9.81. The van der Waals surface area contributed by atoms with Crippen LogP contribution < -0.4 is 10.6 Å². The van der Waals surface area contributed by atoms with Crippen molar-refractivity contribution in [2.24, 2.45) is 0 Å². The van der Waals surface area contributed by atoms with Gasteiger partial charge in [0.05, 0.1) is 11.9 Å². The highest BCUT2D eigenvalue weighted by molar-refractivity contribution is 7.16. The Balaban J connectivity index is 0.00000220. The monoisotopic (exact) mass is 362 g/mol. The van der Waals surface area contributed by atoms with E-state index in [1.165, 1.54) is 11.3 Å². The number of carbonyl (C=O) groups excluding carboxylic acids is 1. The third-order valence-electron chi connectivity index (χ3n) is 2.63. The van der Waals surface area contributed by atoms with E-state index < -0.39 is 0 Å². The number of nitrogens with zero attached hydrogens (tertiary/aromatic N) is 2. The van der Waals surface area contributed by atoms with Crippen LogP contribution in [0.15, 0.2) is 30.6 Å². The highest BCUT2D eigenvalue weighted by Crippen LogP contribution is 2.22. The van der Waals surface area contributed by atoms with E-state index in [0.717, 1.165) is 30.2 Å². The highest BCUT2D eigenvalue weighted by Gasteiger charge is 2.11. The van der Waals surface area contributed by atoms with Gasteiger partial charge in [-0.15, -0.1) is 36.2 Å². The number of hydrogen-bond donors (Lipinski definition) is 2. The first kappa shape index (κ1) is 20.8. The average Bonchev–Trinajstić information content (AvgIpc) is 2.98. The van der Waals surface area contributed by atoms with Crippen LogP contribution in [0.2, 0.25) is 0 Å². The Hall–Kier alpha value is -1.21. The molecule has 5 nitrogen and oxygen atoms in total. The lowest BCUT2D eigenvalue weighted by molar-refractivity contribution is 0.0958. The molecule has 0 aliphatic carbocycles. The first-order valence-corrected chi connectivity index (χ1v) is 7.49. The van der Waals surface area contributed by atoms with Crippen molar-refractivity contribution in [1.29, 1.82) is 0 Å². The van der Waals surface area contributed by atoms with Crippen LogP contribution in [0.1, 0.15) is 23.0 Å². The summed E-state index contributed by atoms with van der Waals surface area (Å²) >= 11 is 1.36. The molecule has 0 aromatic carbocycles. The summed E-state index contributed by atoms with van der Waals surface area (Å²) in [5.41, 5.74) is 0.793. The molecule has 1 amide bonds. The van der Waals surface area contributed by atoms with Gasteiger partial charge in [-0.3, -0.25) is 9.78 Å². The lowest BCUT2D eigenvalue weighted by atomic mass is 10.4. The first-order valence-electron chi connectivity index (χ1n) is 6.67. The van der Waals surface area contributed by atoms with Gasteiger partial charge in [0, 0.05) is 19.3 Å². The summed E-state index contributed by atoms with van der Waals surface area (Å²) in [5.74, 6) is -0.0806. The van der Waals surface area contributed by atoms with Crippen molar-refractivity contribution in [3.05, 3.63) is 35.5 Å². The van der Waals surface area contributed by atoms with Gasteiger partial charge in [0.1, 0.15) is 9.88 Å². The molecule has 2 aromatic rings. The van der Waals surface area contributed by atoms with E-state index >= 15 is 0 Å². The van der Waals surface area contributed by atoms with Crippen molar-refractivity contribution in [3.63, 3.8) is 0 Å². The number of carbonyl (C=O) groups is 1. The molecule has 122 valence electrons. The Morgan fingerprint density at radius 1 is 1.18 bits per heavy atom. The smallest absolute Gasteiger partial charge is 0.263 e. The number of thiazole rings is 1. The molecule has 0 saturated carbocycles. The zero-order valence-electron chi connectivity index (χ0n) is 12.2. The number of rotatable bonds is 7. The highest BCUT2D eigenvalue weighted by atomic mass is 35.5. The van der Waals surface area contributed by atoms with Gasteiger partial charge < -0.3 is 10.6 Å². The molecule has 22 heavy (non-hydrogen) atoms. The summed E-state index contributed by atoms with van der Waals surface area (Å²) < 4.78 is 0. The molecule has 0 aliphatic heterocycles. The van der Waals surface area contributed by atoms with Gasteiger partial charge in [0.2, 0.25) is 0 Å². The topological polar surface area (TPSA) is 66.9 Å². The van der Waals surface area contributed by atoms with Crippen LogP contribution in [0.25, 0.3) is 10.7 Å². The Bertz CT molecular complexity index is 551. The fraction of sp³-hybridized carbons (Fsp3) is 0.357. The summed E-state index contributed by atoms with van der Waals surface area (Å²) in [6.07, 6.45) is 4.41. The molecule has 2 N–H and O–H groups in total. The minimum atomic E-state index is -0.0806. The lowest BCUT2D eigenvalue weighted by Gasteiger charge is -2.04. The predicted octanol–water partition coefficient (Wildman–Crippen LogP) is 2.78. The molecule has 0 saturated heterocycles. The molecular formula is C14H20Cl2N4OS. The average molecular weight is 363 g/mol. The van der Waals surface area contributed by atoms with Gasteiger partial charge in [-0.05, 0) is 25.1 Å². The van der Waals surface area contributed by atoms with Gasteiger partial charge in [-0.2, -0.15) is 0 Å². The molecule has 0 fully saturated rings. The van der Waals surface area contributed by atoms with Crippen molar-refractivity contribution in [2.75, 3.05) is 19.6 Å². The van der Waals surface area contributed by atoms with E-state index in [0.29, 0.717) is 11.4 Å². The maximum absolute atomic E-state index is 11.9. The summed E-state index contributed by atoms with van der Waals surface area (Å²) in [7, 11) is 0. The van der Waals surface area contributed by atoms with Crippen molar-refractivity contribution in [1.82, 2.24) is 20.6 Å². The SMILES string of the molecule is CCCNCCNC(=O)c1cnc(-c2ccccn2)s1.Cl.Cl. The standard InChI is InChI=1S/C14H18N4OS.2ClH/c1-2-6-15-8-9-17-13(19)12-10-18-14(20-12)11-5-3-4-7-16-11;;/h3-5,7,10,15H,2,6,8-9H2,1H3,(H,17,19);2*1H. The Morgan fingerprint density at radius 3 is 2.68 bits per heavy atom. The molecule has 2 heterocycles. The van der Waals surface area contributed by atoms with Crippen LogP contribution in [0.5, 0.6) is 0 Å². The number of hydrogen-bond acceptors (Lipinski definition) is 5. The number of nitrogens with one attached hydrogen (secondary N) is 2. The van der Waals surface area contributed by atoms with Crippen molar-refractivity contribution in [2.45, 2.75) is 13.3 Å². The van der Waals surface area contributed by atoms with Gasteiger partial charge in [-0.1, -0.05) is 13.0 Å². The summed E-state index contributed by atoms with van der Waals surface area (Å²) in [6, 6.07) is 5.64. The van der Waals surface area contributed by atoms with Crippen LogP contribution in [0.4, 0.5) is 0 Å². The van der Waals surface area contributed by atoms with E-state index in [2.05, 4.69) is 27.5 Å².